The fourth-order valence-corrected chi connectivity index (χ4v) is 5.65. The summed E-state index contributed by atoms with van der Waals surface area (Å²) in [5, 5.41) is 6.09. The molecule has 1 aliphatic heterocycles. The zero-order valence-corrected chi connectivity index (χ0v) is 22.4. The molecule has 0 unspecified atom stereocenters. The molecule has 2 aromatic carbocycles. The SMILES string of the molecule is CC(C)c1cc(-c2c(F)cc(NS(=O)(=O)c3ccccc3)c(F)c2F)nc2cnc(N[C@@H]3CNC[C@@H](F)C3)nc12. The normalized spacial score (nSPS) is 17.8. The molecule has 4 aromatic rings. The zero-order chi connectivity index (χ0) is 28.6. The molecule has 1 aliphatic rings. The Balaban J connectivity index is 1.52. The summed E-state index contributed by atoms with van der Waals surface area (Å²) in [7, 11) is -4.30. The van der Waals surface area contributed by atoms with Gasteiger partial charge in [-0.2, -0.15) is 0 Å². The van der Waals surface area contributed by atoms with Crippen molar-refractivity contribution in [1.82, 2.24) is 20.3 Å². The highest BCUT2D eigenvalue weighted by atomic mass is 32.2. The molecule has 0 saturated carbocycles. The van der Waals surface area contributed by atoms with E-state index < -0.39 is 44.9 Å². The second-order valence-corrected chi connectivity index (χ2v) is 11.5. The van der Waals surface area contributed by atoms with E-state index >= 15 is 13.2 Å². The van der Waals surface area contributed by atoms with Gasteiger partial charge in [0.05, 0.1) is 33.6 Å². The lowest BCUT2D eigenvalue weighted by molar-refractivity contribution is 0.254. The van der Waals surface area contributed by atoms with E-state index in [2.05, 4.69) is 25.6 Å². The molecule has 210 valence electrons. The number of alkyl halides is 1. The number of pyridine rings is 1. The van der Waals surface area contributed by atoms with Crippen LogP contribution in [0.1, 0.15) is 31.7 Å². The standard InChI is InChI=1S/C27H26F4N6O2S/c1-14(2)18-9-20(35-22-13-33-27(36-26(18)22)34-16-8-15(28)11-32-12-16)23-19(29)10-21(24(30)25(23)31)37-40(38,39)17-6-4-3-5-7-17/h3-7,9-10,13-16,32,37H,8,11-12H2,1-2H3,(H,33,34,36)/t15-,16-/m0/s1. The Morgan fingerprint density at radius 3 is 2.48 bits per heavy atom. The number of piperidine rings is 1. The molecule has 8 nitrogen and oxygen atoms in total. The number of rotatable bonds is 7. The number of hydrogen-bond acceptors (Lipinski definition) is 7. The van der Waals surface area contributed by atoms with Crippen LogP contribution in [0.5, 0.6) is 0 Å². The maximum absolute atomic E-state index is 15.3. The van der Waals surface area contributed by atoms with E-state index in [-0.39, 0.29) is 40.6 Å². The van der Waals surface area contributed by atoms with Crippen molar-refractivity contribution in [1.29, 1.82) is 0 Å². The topological polar surface area (TPSA) is 109 Å². The van der Waals surface area contributed by atoms with Crippen molar-refractivity contribution in [3.8, 4) is 11.3 Å². The summed E-state index contributed by atoms with van der Waals surface area (Å²) in [6, 6.07) is 8.81. The van der Waals surface area contributed by atoms with E-state index in [9.17, 15) is 12.8 Å². The largest absolute Gasteiger partial charge is 0.350 e. The summed E-state index contributed by atoms with van der Waals surface area (Å²) < 4.78 is 86.5. The van der Waals surface area contributed by atoms with Crippen molar-refractivity contribution in [2.24, 2.45) is 0 Å². The summed E-state index contributed by atoms with van der Waals surface area (Å²) in [5.41, 5.74) is -0.629. The summed E-state index contributed by atoms with van der Waals surface area (Å²) >= 11 is 0. The molecule has 40 heavy (non-hydrogen) atoms. The van der Waals surface area contributed by atoms with Crippen LogP contribution in [-0.4, -0.2) is 48.7 Å². The zero-order valence-electron chi connectivity index (χ0n) is 21.6. The molecular formula is C27H26F4N6O2S. The van der Waals surface area contributed by atoms with Gasteiger partial charge in [-0.15, -0.1) is 0 Å². The number of sulfonamides is 1. The number of benzene rings is 2. The highest BCUT2D eigenvalue weighted by Crippen LogP contribution is 2.35. The Bertz CT molecular complexity index is 1670. The predicted molar refractivity (Wildman–Crippen MR) is 144 cm³/mol. The second kappa shape index (κ2) is 11.0. The smallest absolute Gasteiger partial charge is 0.261 e. The first-order valence-corrected chi connectivity index (χ1v) is 14.1. The van der Waals surface area contributed by atoms with Crippen molar-refractivity contribution >= 4 is 32.7 Å². The molecular weight excluding hydrogens is 548 g/mol. The summed E-state index contributed by atoms with van der Waals surface area (Å²) in [6.45, 7) is 4.52. The van der Waals surface area contributed by atoms with Crippen molar-refractivity contribution < 1.29 is 26.0 Å². The minimum atomic E-state index is -4.30. The van der Waals surface area contributed by atoms with Gasteiger partial charge >= 0.3 is 0 Å². The first-order chi connectivity index (χ1) is 19.0. The summed E-state index contributed by atoms with van der Waals surface area (Å²) in [5.74, 6) is -4.31. The van der Waals surface area contributed by atoms with E-state index in [1.165, 1.54) is 36.5 Å². The van der Waals surface area contributed by atoms with Gasteiger partial charge in [-0.05, 0) is 29.7 Å². The lowest BCUT2D eigenvalue weighted by Crippen LogP contribution is -2.44. The fraction of sp³-hybridized carbons (Fsp3) is 0.296. The van der Waals surface area contributed by atoms with Crippen LogP contribution in [0, 0.1) is 17.5 Å². The minimum Gasteiger partial charge on any atom is -0.350 e. The molecule has 1 fully saturated rings. The van der Waals surface area contributed by atoms with Crippen LogP contribution < -0.4 is 15.4 Å². The lowest BCUT2D eigenvalue weighted by atomic mass is 9.98. The van der Waals surface area contributed by atoms with Crippen LogP contribution in [0.3, 0.4) is 0 Å². The van der Waals surface area contributed by atoms with Gasteiger partial charge in [-0.1, -0.05) is 32.0 Å². The van der Waals surface area contributed by atoms with Gasteiger partial charge in [0.1, 0.15) is 17.5 Å². The van der Waals surface area contributed by atoms with Gasteiger partial charge in [0.2, 0.25) is 5.95 Å². The first-order valence-electron chi connectivity index (χ1n) is 12.6. The Morgan fingerprint density at radius 2 is 1.77 bits per heavy atom. The molecule has 2 atom stereocenters. The van der Waals surface area contributed by atoms with Crippen molar-refractivity contribution in [2.45, 2.75) is 43.3 Å². The lowest BCUT2D eigenvalue weighted by Gasteiger charge is -2.26. The fourth-order valence-electron chi connectivity index (χ4n) is 4.57. The second-order valence-electron chi connectivity index (χ2n) is 9.84. The first kappa shape index (κ1) is 27.7. The molecule has 1 saturated heterocycles. The minimum absolute atomic E-state index is 0.175. The van der Waals surface area contributed by atoms with Crippen molar-refractivity contribution in [3.63, 3.8) is 0 Å². The monoisotopic (exact) mass is 574 g/mol. The maximum Gasteiger partial charge on any atom is 0.261 e. The number of anilines is 2. The van der Waals surface area contributed by atoms with Crippen LogP contribution in [-0.2, 0) is 10.0 Å². The number of fused-ring (bicyclic) bond motifs is 1. The maximum atomic E-state index is 15.3. The van der Waals surface area contributed by atoms with E-state index in [0.717, 1.165) is 0 Å². The van der Waals surface area contributed by atoms with Crippen LogP contribution >= 0.6 is 0 Å². The number of nitrogens with one attached hydrogen (secondary N) is 3. The molecule has 13 heteroatoms. The van der Waals surface area contributed by atoms with Crippen LogP contribution in [0.4, 0.5) is 29.2 Å². The average Bonchev–Trinajstić information content (AvgIpc) is 2.91. The molecule has 2 aromatic heterocycles. The predicted octanol–water partition coefficient (Wildman–Crippen LogP) is 5.15. The summed E-state index contributed by atoms with van der Waals surface area (Å²) in [4.78, 5) is 12.9. The Hall–Kier alpha value is -3.84. The van der Waals surface area contributed by atoms with E-state index in [1.54, 1.807) is 6.07 Å². The van der Waals surface area contributed by atoms with Crippen LogP contribution in [0.15, 0.2) is 53.6 Å². The molecule has 0 radical (unpaired) electrons. The van der Waals surface area contributed by atoms with Gasteiger partial charge in [-0.3, -0.25) is 4.72 Å². The van der Waals surface area contributed by atoms with Crippen molar-refractivity contribution in [3.05, 3.63) is 71.7 Å². The Labute approximate surface area is 228 Å². The van der Waals surface area contributed by atoms with Crippen LogP contribution in [0.2, 0.25) is 0 Å². The molecule has 0 bridgehead atoms. The molecule has 0 aliphatic carbocycles. The number of nitrogens with zero attached hydrogens (tertiary/aromatic N) is 3. The van der Waals surface area contributed by atoms with Crippen molar-refractivity contribution in [2.75, 3.05) is 23.1 Å². The molecule has 3 heterocycles. The Morgan fingerprint density at radius 1 is 1.02 bits per heavy atom. The molecule has 5 rings (SSSR count). The van der Waals surface area contributed by atoms with E-state index in [1.807, 2.05) is 18.6 Å². The quantitative estimate of drug-likeness (QED) is 0.207. The van der Waals surface area contributed by atoms with E-state index in [4.69, 9.17) is 0 Å². The molecule has 0 spiro atoms. The van der Waals surface area contributed by atoms with Gasteiger partial charge in [0.25, 0.3) is 10.0 Å². The number of halogens is 4. The van der Waals surface area contributed by atoms with E-state index in [0.29, 0.717) is 30.1 Å². The van der Waals surface area contributed by atoms with Crippen LogP contribution in [0.25, 0.3) is 22.3 Å². The van der Waals surface area contributed by atoms with Gasteiger partial charge < -0.3 is 10.6 Å². The van der Waals surface area contributed by atoms with Gasteiger partial charge in [-0.25, -0.2) is 40.9 Å². The van der Waals surface area contributed by atoms with Gasteiger partial charge in [0.15, 0.2) is 11.6 Å². The third kappa shape index (κ3) is 5.56. The highest BCUT2D eigenvalue weighted by Gasteiger charge is 2.26. The summed E-state index contributed by atoms with van der Waals surface area (Å²) in [6.07, 6.45) is 0.675. The highest BCUT2D eigenvalue weighted by molar-refractivity contribution is 7.92. The average molecular weight is 575 g/mol. The third-order valence-electron chi connectivity index (χ3n) is 6.54. The number of hydrogen-bond donors (Lipinski definition) is 3. The molecule has 0 amide bonds. The third-order valence-corrected chi connectivity index (χ3v) is 7.92. The van der Waals surface area contributed by atoms with Gasteiger partial charge in [0, 0.05) is 31.6 Å². The molecule has 3 N–H and O–H groups in total. The Kier molecular flexibility index (Phi) is 7.60. The number of aromatic nitrogens is 3.